The second-order valence-electron chi connectivity index (χ2n) is 5.29. The Morgan fingerprint density at radius 1 is 1.27 bits per heavy atom. The molecule has 1 aromatic rings. The highest BCUT2D eigenvalue weighted by Crippen LogP contribution is 2.14. The Hall–Kier alpha value is -1.30. The van der Waals surface area contributed by atoms with Gasteiger partial charge in [0, 0.05) is 38.9 Å². The first-order valence-electron chi connectivity index (χ1n) is 7.67. The maximum absolute atomic E-state index is 12.3. The first kappa shape index (κ1) is 18.7. The van der Waals surface area contributed by atoms with E-state index in [-0.39, 0.29) is 24.5 Å². The highest BCUT2D eigenvalue weighted by Gasteiger charge is 2.24. The Morgan fingerprint density at radius 3 is 2.59 bits per heavy atom. The summed E-state index contributed by atoms with van der Waals surface area (Å²) in [4.78, 5) is 14.2. The van der Waals surface area contributed by atoms with E-state index in [0.717, 1.165) is 32.5 Å². The van der Waals surface area contributed by atoms with Gasteiger partial charge in [-0.15, -0.1) is 12.4 Å². The van der Waals surface area contributed by atoms with Crippen molar-refractivity contribution in [2.24, 2.45) is 5.73 Å². The van der Waals surface area contributed by atoms with E-state index in [9.17, 15) is 4.79 Å². The summed E-state index contributed by atoms with van der Waals surface area (Å²) in [7, 11) is 0. The molecule has 0 atom stereocenters. The van der Waals surface area contributed by atoms with Crippen molar-refractivity contribution in [1.82, 2.24) is 10.2 Å². The molecule has 1 saturated heterocycles. The minimum atomic E-state index is -0.0109. The number of rotatable bonds is 6. The molecule has 0 radical (unpaired) electrons. The van der Waals surface area contributed by atoms with Crippen molar-refractivity contribution in [3.8, 4) is 0 Å². The van der Waals surface area contributed by atoms with E-state index in [1.54, 1.807) is 0 Å². The number of amides is 2. The molecule has 124 valence electrons. The summed E-state index contributed by atoms with van der Waals surface area (Å²) in [6.07, 6.45) is 2.63. The maximum Gasteiger partial charge on any atom is 0.317 e. The number of halogens is 1. The quantitative estimate of drug-likeness (QED) is 0.837. The Kier molecular flexibility index (Phi) is 8.89. The van der Waals surface area contributed by atoms with Gasteiger partial charge >= 0.3 is 6.03 Å². The van der Waals surface area contributed by atoms with Crippen molar-refractivity contribution >= 4 is 18.4 Å². The Morgan fingerprint density at radius 2 is 1.95 bits per heavy atom. The predicted molar refractivity (Wildman–Crippen MR) is 90.4 cm³/mol. The number of hydrogen-bond acceptors (Lipinski definition) is 3. The van der Waals surface area contributed by atoms with Gasteiger partial charge in [-0.1, -0.05) is 30.3 Å². The summed E-state index contributed by atoms with van der Waals surface area (Å²) in [6, 6.07) is 10.4. The van der Waals surface area contributed by atoms with Crippen LogP contribution in [0.3, 0.4) is 0 Å². The van der Waals surface area contributed by atoms with Crippen LogP contribution < -0.4 is 11.1 Å². The zero-order chi connectivity index (χ0) is 14.9. The first-order chi connectivity index (χ1) is 10.3. The van der Waals surface area contributed by atoms with Crippen LogP contribution in [0.15, 0.2) is 30.3 Å². The van der Waals surface area contributed by atoms with Crippen molar-refractivity contribution in [1.29, 1.82) is 0 Å². The number of carbonyl (C=O) groups excluding carboxylic acids is 1. The van der Waals surface area contributed by atoms with Gasteiger partial charge < -0.3 is 20.7 Å². The fourth-order valence-electron chi connectivity index (χ4n) is 2.65. The van der Waals surface area contributed by atoms with E-state index < -0.39 is 0 Å². The Balaban J connectivity index is 0.00000242. The first-order valence-corrected chi connectivity index (χ1v) is 7.67. The average Bonchev–Trinajstić information content (AvgIpc) is 2.54. The second-order valence-corrected chi connectivity index (χ2v) is 5.29. The lowest BCUT2D eigenvalue weighted by atomic mass is 10.1. The normalized spacial score (nSPS) is 15.0. The number of benzene rings is 1. The smallest absolute Gasteiger partial charge is 0.317 e. The standard InChI is InChI=1S/C16H25N3O2.ClH/c17-9-11-19(15-7-12-21-13-8-15)16(20)18-10-6-14-4-2-1-3-5-14;/h1-5,15H,6-13,17H2,(H,18,20);1H. The molecule has 5 nitrogen and oxygen atoms in total. The number of nitrogens with zero attached hydrogens (tertiary/aromatic N) is 1. The zero-order valence-electron chi connectivity index (χ0n) is 12.9. The number of carbonyl (C=O) groups is 1. The van der Waals surface area contributed by atoms with E-state index in [4.69, 9.17) is 10.5 Å². The minimum absolute atomic E-state index is 0. The highest BCUT2D eigenvalue weighted by atomic mass is 35.5. The second kappa shape index (κ2) is 10.4. The van der Waals surface area contributed by atoms with E-state index in [1.807, 2.05) is 23.1 Å². The highest BCUT2D eigenvalue weighted by molar-refractivity contribution is 5.85. The summed E-state index contributed by atoms with van der Waals surface area (Å²) in [5.41, 5.74) is 6.87. The summed E-state index contributed by atoms with van der Waals surface area (Å²) < 4.78 is 5.36. The van der Waals surface area contributed by atoms with Gasteiger partial charge in [0.15, 0.2) is 0 Å². The van der Waals surface area contributed by atoms with E-state index >= 15 is 0 Å². The summed E-state index contributed by atoms with van der Waals surface area (Å²) >= 11 is 0. The molecule has 1 aliphatic rings. The van der Waals surface area contributed by atoms with Crippen LogP contribution in [0.5, 0.6) is 0 Å². The third-order valence-electron chi connectivity index (χ3n) is 3.80. The van der Waals surface area contributed by atoms with Gasteiger partial charge in [-0.2, -0.15) is 0 Å². The molecule has 6 heteroatoms. The molecule has 0 saturated carbocycles. The maximum atomic E-state index is 12.3. The molecular formula is C16H26ClN3O2. The molecule has 0 bridgehead atoms. The van der Waals surface area contributed by atoms with Gasteiger partial charge in [0.2, 0.25) is 0 Å². The molecule has 1 fully saturated rings. The molecule has 0 spiro atoms. The summed E-state index contributed by atoms with van der Waals surface area (Å²) in [6.45, 7) is 3.19. The molecular weight excluding hydrogens is 302 g/mol. The fraction of sp³-hybridized carbons (Fsp3) is 0.562. The molecule has 0 unspecified atom stereocenters. The van der Waals surface area contributed by atoms with Crippen LogP contribution in [-0.4, -0.2) is 49.8 Å². The molecule has 2 amide bonds. The number of hydrogen-bond donors (Lipinski definition) is 2. The summed E-state index contributed by atoms with van der Waals surface area (Å²) in [5, 5.41) is 3.00. The van der Waals surface area contributed by atoms with E-state index in [1.165, 1.54) is 5.56 Å². The molecule has 0 aromatic heterocycles. The lowest BCUT2D eigenvalue weighted by molar-refractivity contribution is 0.0467. The van der Waals surface area contributed by atoms with Crippen LogP contribution >= 0.6 is 12.4 Å². The van der Waals surface area contributed by atoms with Crippen LogP contribution in [0, 0.1) is 0 Å². The van der Waals surface area contributed by atoms with Crippen LogP contribution in [0.4, 0.5) is 4.79 Å². The van der Waals surface area contributed by atoms with Crippen molar-refractivity contribution in [3.05, 3.63) is 35.9 Å². The Bertz CT molecular complexity index is 425. The predicted octanol–water partition coefficient (Wildman–Crippen LogP) is 1.80. The largest absolute Gasteiger partial charge is 0.381 e. The van der Waals surface area contributed by atoms with E-state index in [2.05, 4.69) is 17.4 Å². The van der Waals surface area contributed by atoms with Gasteiger partial charge in [-0.05, 0) is 24.8 Å². The van der Waals surface area contributed by atoms with Crippen LogP contribution in [-0.2, 0) is 11.2 Å². The lowest BCUT2D eigenvalue weighted by Crippen LogP contribution is -2.50. The van der Waals surface area contributed by atoms with Gasteiger partial charge in [0.1, 0.15) is 0 Å². The third-order valence-corrected chi connectivity index (χ3v) is 3.80. The van der Waals surface area contributed by atoms with Crippen molar-refractivity contribution in [3.63, 3.8) is 0 Å². The van der Waals surface area contributed by atoms with Crippen LogP contribution in [0.1, 0.15) is 18.4 Å². The summed E-state index contributed by atoms with van der Waals surface area (Å²) in [5.74, 6) is 0. The average molecular weight is 328 g/mol. The van der Waals surface area contributed by atoms with Crippen LogP contribution in [0.25, 0.3) is 0 Å². The van der Waals surface area contributed by atoms with Crippen LogP contribution in [0.2, 0.25) is 0 Å². The topological polar surface area (TPSA) is 67.6 Å². The molecule has 1 aliphatic heterocycles. The minimum Gasteiger partial charge on any atom is -0.381 e. The van der Waals surface area contributed by atoms with Gasteiger partial charge in [0.25, 0.3) is 0 Å². The zero-order valence-corrected chi connectivity index (χ0v) is 13.7. The molecule has 1 aromatic carbocycles. The van der Waals surface area contributed by atoms with Gasteiger partial charge in [0.05, 0.1) is 0 Å². The lowest BCUT2D eigenvalue weighted by Gasteiger charge is -2.34. The van der Waals surface area contributed by atoms with E-state index in [0.29, 0.717) is 19.6 Å². The fourth-order valence-corrected chi connectivity index (χ4v) is 2.65. The molecule has 0 aliphatic carbocycles. The van der Waals surface area contributed by atoms with Gasteiger partial charge in [-0.25, -0.2) is 4.79 Å². The van der Waals surface area contributed by atoms with Crippen molar-refractivity contribution in [2.45, 2.75) is 25.3 Å². The van der Waals surface area contributed by atoms with Crippen molar-refractivity contribution < 1.29 is 9.53 Å². The molecule has 3 N–H and O–H groups in total. The number of nitrogens with two attached hydrogens (primary N) is 1. The SMILES string of the molecule is Cl.NCCN(C(=O)NCCc1ccccc1)C1CCOCC1. The monoisotopic (exact) mass is 327 g/mol. The molecule has 22 heavy (non-hydrogen) atoms. The molecule has 1 heterocycles. The number of ether oxygens (including phenoxy) is 1. The Labute approximate surface area is 138 Å². The molecule has 2 rings (SSSR count). The number of urea groups is 1. The van der Waals surface area contributed by atoms with Gasteiger partial charge in [-0.3, -0.25) is 0 Å². The number of nitrogens with one attached hydrogen (secondary N) is 1. The van der Waals surface area contributed by atoms with Crippen molar-refractivity contribution in [2.75, 3.05) is 32.8 Å². The third kappa shape index (κ3) is 5.83.